The van der Waals surface area contributed by atoms with Gasteiger partial charge in [-0.05, 0) is 42.0 Å². The van der Waals surface area contributed by atoms with Gasteiger partial charge < -0.3 is 4.74 Å². The van der Waals surface area contributed by atoms with E-state index in [1.807, 2.05) is 24.3 Å². The molecule has 0 atom stereocenters. The van der Waals surface area contributed by atoms with Gasteiger partial charge in [0.2, 0.25) is 0 Å². The van der Waals surface area contributed by atoms with Gasteiger partial charge in [0.15, 0.2) is 0 Å². The molecule has 0 amide bonds. The van der Waals surface area contributed by atoms with Gasteiger partial charge in [-0.2, -0.15) is 0 Å². The number of benzene rings is 2. The molecule has 3 rings (SSSR count). The average Bonchev–Trinajstić information content (AvgIpc) is 2.97. The molecule has 3 aromatic rings. The van der Waals surface area contributed by atoms with Crippen molar-refractivity contribution in [2.75, 3.05) is 0 Å². The number of fused-ring (bicyclic) bond motifs is 1. The molecule has 22 heavy (non-hydrogen) atoms. The predicted molar refractivity (Wildman–Crippen MR) is 83.5 cm³/mol. The van der Waals surface area contributed by atoms with Gasteiger partial charge in [-0.1, -0.05) is 24.8 Å². The van der Waals surface area contributed by atoms with E-state index in [0.717, 1.165) is 16.5 Å². The molecular weight excluding hydrogens is 281 g/mol. The maximum Gasteiger partial charge on any atom is 0.254 e. The Hall–Kier alpha value is -2.88. The van der Waals surface area contributed by atoms with E-state index >= 15 is 0 Å². The normalized spacial score (nSPS) is 10.6. The number of rotatable bonds is 4. The van der Waals surface area contributed by atoms with Crippen LogP contribution in [0.3, 0.4) is 0 Å². The van der Waals surface area contributed by atoms with Crippen molar-refractivity contribution >= 4 is 16.8 Å². The minimum absolute atomic E-state index is 0.197. The molecule has 0 N–H and O–H groups in total. The molecule has 2 aromatic carbocycles. The maximum absolute atomic E-state index is 13.2. The van der Waals surface area contributed by atoms with Gasteiger partial charge in [0.25, 0.3) is 5.91 Å². The lowest BCUT2D eigenvalue weighted by Crippen LogP contribution is -2.04. The SMILES string of the molecule is C=CC(=O)n1ccc2c(OCc3cccc(F)c3)cccc21. The summed E-state index contributed by atoms with van der Waals surface area (Å²) in [5.74, 6) is 0.164. The van der Waals surface area contributed by atoms with Crippen LogP contribution in [0.5, 0.6) is 5.75 Å². The van der Waals surface area contributed by atoms with Crippen molar-refractivity contribution in [2.24, 2.45) is 0 Å². The summed E-state index contributed by atoms with van der Waals surface area (Å²) in [7, 11) is 0. The molecule has 0 fully saturated rings. The zero-order valence-electron chi connectivity index (χ0n) is 11.8. The Labute approximate surface area is 127 Å². The number of ether oxygens (including phenoxy) is 1. The molecule has 0 spiro atoms. The Balaban J connectivity index is 1.90. The van der Waals surface area contributed by atoms with Gasteiger partial charge in [-0.3, -0.25) is 9.36 Å². The lowest BCUT2D eigenvalue weighted by Gasteiger charge is -2.08. The number of nitrogens with zero attached hydrogens (tertiary/aromatic N) is 1. The molecule has 0 bridgehead atoms. The molecule has 0 aliphatic rings. The van der Waals surface area contributed by atoms with E-state index < -0.39 is 0 Å². The molecule has 3 nitrogen and oxygen atoms in total. The number of carbonyl (C=O) groups is 1. The first-order chi connectivity index (χ1) is 10.7. The first-order valence-electron chi connectivity index (χ1n) is 6.83. The van der Waals surface area contributed by atoms with Gasteiger partial charge in [0.1, 0.15) is 18.2 Å². The lowest BCUT2D eigenvalue weighted by molar-refractivity contribution is 0.0974. The number of hydrogen-bond donors (Lipinski definition) is 0. The highest BCUT2D eigenvalue weighted by Crippen LogP contribution is 2.27. The largest absolute Gasteiger partial charge is 0.488 e. The molecule has 0 unspecified atom stereocenters. The minimum Gasteiger partial charge on any atom is -0.488 e. The summed E-state index contributed by atoms with van der Waals surface area (Å²) >= 11 is 0. The molecule has 110 valence electrons. The van der Waals surface area contributed by atoms with Crippen molar-refractivity contribution < 1.29 is 13.9 Å². The Morgan fingerprint density at radius 1 is 1.23 bits per heavy atom. The van der Waals surface area contributed by atoms with Gasteiger partial charge in [0, 0.05) is 11.6 Å². The van der Waals surface area contributed by atoms with Crippen LogP contribution in [-0.4, -0.2) is 10.5 Å². The van der Waals surface area contributed by atoms with Crippen molar-refractivity contribution in [1.29, 1.82) is 0 Å². The molecular formula is C18H14FNO2. The van der Waals surface area contributed by atoms with Crippen LogP contribution in [-0.2, 0) is 6.61 Å². The van der Waals surface area contributed by atoms with Crippen LogP contribution in [0, 0.1) is 5.82 Å². The smallest absolute Gasteiger partial charge is 0.254 e. The van der Waals surface area contributed by atoms with Crippen LogP contribution < -0.4 is 4.74 Å². The Kier molecular flexibility index (Phi) is 3.74. The van der Waals surface area contributed by atoms with Gasteiger partial charge in [-0.15, -0.1) is 0 Å². The summed E-state index contributed by atoms with van der Waals surface area (Å²) in [5.41, 5.74) is 1.50. The fourth-order valence-corrected chi connectivity index (χ4v) is 2.34. The molecule has 0 saturated heterocycles. The first-order valence-corrected chi connectivity index (χ1v) is 6.83. The second kappa shape index (κ2) is 5.85. The first kappa shape index (κ1) is 14.1. The highest BCUT2D eigenvalue weighted by Gasteiger charge is 2.09. The second-order valence-electron chi connectivity index (χ2n) is 4.84. The summed E-state index contributed by atoms with van der Waals surface area (Å²) in [5, 5.41) is 0.828. The van der Waals surface area contributed by atoms with Crippen molar-refractivity contribution in [3.63, 3.8) is 0 Å². The highest BCUT2D eigenvalue weighted by molar-refractivity contribution is 5.99. The minimum atomic E-state index is -0.290. The lowest BCUT2D eigenvalue weighted by atomic mass is 10.2. The van der Waals surface area contributed by atoms with Crippen LogP contribution >= 0.6 is 0 Å². The average molecular weight is 295 g/mol. The van der Waals surface area contributed by atoms with Crippen LogP contribution in [0.25, 0.3) is 10.9 Å². The zero-order chi connectivity index (χ0) is 15.5. The maximum atomic E-state index is 13.2. The second-order valence-corrected chi connectivity index (χ2v) is 4.84. The molecule has 4 heteroatoms. The van der Waals surface area contributed by atoms with E-state index in [9.17, 15) is 9.18 Å². The van der Waals surface area contributed by atoms with E-state index in [2.05, 4.69) is 6.58 Å². The molecule has 0 saturated carbocycles. The number of allylic oxidation sites excluding steroid dienone is 1. The number of hydrogen-bond acceptors (Lipinski definition) is 2. The number of aromatic nitrogens is 1. The molecule has 1 aromatic heterocycles. The van der Waals surface area contributed by atoms with E-state index in [0.29, 0.717) is 5.75 Å². The summed E-state index contributed by atoms with van der Waals surface area (Å²) < 4.78 is 20.5. The van der Waals surface area contributed by atoms with Crippen LogP contribution in [0.4, 0.5) is 4.39 Å². The van der Waals surface area contributed by atoms with E-state index in [-0.39, 0.29) is 18.3 Å². The zero-order valence-corrected chi connectivity index (χ0v) is 11.8. The summed E-state index contributed by atoms with van der Waals surface area (Å²) in [6.45, 7) is 3.75. The van der Waals surface area contributed by atoms with Crippen LogP contribution in [0.1, 0.15) is 10.4 Å². The van der Waals surface area contributed by atoms with Crippen molar-refractivity contribution in [3.05, 3.63) is 78.8 Å². The Morgan fingerprint density at radius 3 is 2.82 bits per heavy atom. The summed E-state index contributed by atoms with van der Waals surface area (Å²) in [6, 6.07) is 13.6. The van der Waals surface area contributed by atoms with Gasteiger partial charge in [-0.25, -0.2) is 4.39 Å². The van der Waals surface area contributed by atoms with Crippen LogP contribution in [0.15, 0.2) is 67.4 Å². The fourth-order valence-electron chi connectivity index (χ4n) is 2.34. The molecule has 0 aliphatic carbocycles. The molecule has 0 aliphatic heterocycles. The third kappa shape index (κ3) is 2.63. The van der Waals surface area contributed by atoms with Crippen molar-refractivity contribution in [2.45, 2.75) is 6.61 Å². The van der Waals surface area contributed by atoms with E-state index in [1.54, 1.807) is 18.3 Å². The third-order valence-corrected chi connectivity index (χ3v) is 3.39. The summed E-state index contributed by atoms with van der Waals surface area (Å²) in [6.07, 6.45) is 2.95. The molecule has 0 radical (unpaired) electrons. The number of halogens is 1. The number of carbonyl (C=O) groups excluding carboxylic acids is 1. The summed E-state index contributed by atoms with van der Waals surface area (Å²) in [4.78, 5) is 11.8. The van der Waals surface area contributed by atoms with Crippen LogP contribution in [0.2, 0.25) is 0 Å². The third-order valence-electron chi connectivity index (χ3n) is 3.39. The Morgan fingerprint density at radius 2 is 2.05 bits per heavy atom. The monoisotopic (exact) mass is 295 g/mol. The fraction of sp³-hybridized carbons (Fsp3) is 0.0556. The van der Waals surface area contributed by atoms with Crippen molar-refractivity contribution in [1.82, 2.24) is 4.57 Å². The predicted octanol–water partition coefficient (Wildman–Crippen LogP) is 4.19. The van der Waals surface area contributed by atoms with Gasteiger partial charge >= 0.3 is 0 Å². The Bertz CT molecular complexity index is 851. The van der Waals surface area contributed by atoms with E-state index in [1.165, 1.54) is 22.8 Å². The topological polar surface area (TPSA) is 31.2 Å². The van der Waals surface area contributed by atoms with Crippen molar-refractivity contribution in [3.8, 4) is 5.75 Å². The molecule has 1 heterocycles. The quantitative estimate of drug-likeness (QED) is 0.676. The highest BCUT2D eigenvalue weighted by atomic mass is 19.1. The van der Waals surface area contributed by atoms with Gasteiger partial charge in [0.05, 0.1) is 5.52 Å². The standard InChI is InChI=1S/C18H14FNO2/c1-2-18(21)20-10-9-15-16(20)7-4-8-17(15)22-12-13-5-3-6-14(19)11-13/h2-11H,1,12H2. The van der Waals surface area contributed by atoms with E-state index in [4.69, 9.17) is 4.74 Å².